The van der Waals surface area contributed by atoms with E-state index in [2.05, 4.69) is 11.8 Å². The van der Waals surface area contributed by atoms with Gasteiger partial charge in [0.2, 0.25) is 5.91 Å². The molecule has 29 heavy (non-hydrogen) atoms. The van der Waals surface area contributed by atoms with E-state index < -0.39 is 23.7 Å². The lowest BCUT2D eigenvalue weighted by Crippen LogP contribution is -2.51. The summed E-state index contributed by atoms with van der Waals surface area (Å²) in [6.07, 6.45) is -0.189. The van der Waals surface area contributed by atoms with Gasteiger partial charge in [0.25, 0.3) is 0 Å². The van der Waals surface area contributed by atoms with Gasteiger partial charge >= 0.3 is 6.09 Å². The Hall–Kier alpha value is -3.06. The Morgan fingerprint density at radius 1 is 1.03 bits per heavy atom. The molecule has 2 aromatic carbocycles. The summed E-state index contributed by atoms with van der Waals surface area (Å²) in [5, 5.41) is 0. The molecule has 2 atom stereocenters. The van der Waals surface area contributed by atoms with E-state index in [0.29, 0.717) is 6.42 Å². The second-order valence-electron chi connectivity index (χ2n) is 7.76. The SMILES string of the molecule is CC#CC[C@@H](C)C(=O)N1C(=O)OC(c2ccccc2)(c2ccccc2)[C@@H]1C(C)C. The summed E-state index contributed by atoms with van der Waals surface area (Å²) < 4.78 is 6.11. The predicted molar refractivity (Wildman–Crippen MR) is 113 cm³/mol. The van der Waals surface area contributed by atoms with Crippen LogP contribution in [-0.4, -0.2) is 22.9 Å². The zero-order chi connectivity index (χ0) is 21.0. The predicted octanol–water partition coefficient (Wildman–Crippen LogP) is 4.98. The summed E-state index contributed by atoms with van der Waals surface area (Å²) in [7, 11) is 0. The van der Waals surface area contributed by atoms with Crippen LogP contribution >= 0.6 is 0 Å². The molecular weight excluding hydrogens is 362 g/mol. The number of carbonyl (C=O) groups is 2. The molecule has 2 aromatic rings. The second-order valence-corrected chi connectivity index (χ2v) is 7.76. The molecule has 0 aliphatic carbocycles. The molecule has 1 aliphatic rings. The number of hydrogen-bond donors (Lipinski definition) is 0. The van der Waals surface area contributed by atoms with Gasteiger partial charge in [0.15, 0.2) is 5.60 Å². The van der Waals surface area contributed by atoms with Crippen LogP contribution in [0.1, 0.15) is 45.2 Å². The van der Waals surface area contributed by atoms with Crippen molar-refractivity contribution in [3.8, 4) is 11.8 Å². The molecule has 0 bridgehead atoms. The molecule has 1 heterocycles. The van der Waals surface area contributed by atoms with E-state index in [0.717, 1.165) is 11.1 Å². The van der Waals surface area contributed by atoms with Crippen LogP contribution in [0.3, 0.4) is 0 Å². The molecule has 0 N–H and O–H groups in total. The van der Waals surface area contributed by atoms with Crippen molar-refractivity contribution in [2.45, 2.75) is 45.8 Å². The number of imide groups is 1. The van der Waals surface area contributed by atoms with Crippen LogP contribution in [0.4, 0.5) is 4.79 Å². The molecule has 1 aliphatic heterocycles. The number of amides is 2. The lowest BCUT2D eigenvalue weighted by Gasteiger charge is -2.38. The van der Waals surface area contributed by atoms with Gasteiger partial charge in [-0.15, -0.1) is 11.8 Å². The van der Waals surface area contributed by atoms with Crippen LogP contribution in [0.15, 0.2) is 60.7 Å². The Morgan fingerprint density at radius 2 is 1.55 bits per heavy atom. The Labute approximate surface area is 172 Å². The fourth-order valence-corrected chi connectivity index (χ4v) is 4.11. The van der Waals surface area contributed by atoms with Gasteiger partial charge < -0.3 is 4.74 Å². The third-order valence-electron chi connectivity index (χ3n) is 5.42. The monoisotopic (exact) mass is 389 g/mol. The molecule has 4 heteroatoms. The van der Waals surface area contributed by atoms with Crippen molar-refractivity contribution in [1.82, 2.24) is 4.90 Å². The lowest BCUT2D eigenvalue weighted by atomic mass is 9.75. The fraction of sp³-hybridized carbons (Fsp3) is 0.360. The average Bonchev–Trinajstić information content (AvgIpc) is 3.07. The summed E-state index contributed by atoms with van der Waals surface area (Å²) in [5.74, 6) is 5.11. The van der Waals surface area contributed by atoms with Gasteiger partial charge in [-0.05, 0) is 12.8 Å². The quantitative estimate of drug-likeness (QED) is 0.677. The maximum atomic E-state index is 13.3. The van der Waals surface area contributed by atoms with Crippen molar-refractivity contribution in [3.05, 3.63) is 71.8 Å². The molecule has 0 aromatic heterocycles. The highest BCUT2D eigenvalue weighted by molar-refractivity contribution is 5.96. The van der Waals surface area contributed by atoms with Gasteiger partial charge in [-0.3, -0.25) is 4.79 Å². The molecular formula is C25H27NO3. The topological polar surface area (TPSA) is 46.6 Å². The fourth-order valence-electron chi connectivity index (χ4n) is 4.11. The number of carbonyl (C=O) groups excluding carboxylic acids is 2. The first-order chi connectivity index (χ1) is 13.9. The summed E-state index contributed by atoms with van der Waals surface area (Å²) >= 11 is 0. The Morgan fingerprint density at radius 3 is 2.00 bits per heavy atom. The van der Waals surface area contributed by atoms with Crippen molar-refractivity contribution < 1.29 is 14.3 Å². The van der Waals surface area contributed by atoms with E-state index in [1.54, 1.807) is 6.92 Å². The Kier molecular flexibility index (Phi) is 6.08. The zero-order valence-electron chi connectivity index (χ0n) is 17.4. The molecule has 0 saturated carbocycles. The van der Waals surface area contributed by atoms with E-state index in [9.17, 15) is 9.59 Å². The third kappa shape index (κ3) is 3.65. The molecule has 2 amide bonds. The van der Waals surface area contributed by atoms with E-state index in [-0.39, 0.29) is 11.8 Å². The number of ether oxygens (including phenoxy) is 1. The smallest absolute Gasteiger partial charge is 0.418 e. The first kappa shape index (κ1) is 20.7. The number of nitrogens with zero attached hydrogens (tertiary/aromatic N) is 1. The number of rotatable bonds is 5. The molecule has 4 nitrogen and oxygen atoms in total. The largest absolute Gasteiger partial charge is 0.430 e. The minimum Gasteiger partial charge on any atom is -0.430 e. The van der Waals surface area contributed by atoms with E-state index >= 15 is 0 Å². The van der Waals surface area contributed by atoms with Gasteiger partial charge in [0.1, 0.15) is 0 Å². The third-order valence-corrected chi connectivity index (χ3v) is 5.42. The van der Waals surface area contributed by atoms with Crippen molar-refractivity contribution in [1.29, 1.82) is 0 Å². The van der Waals surface area contributed by atoms with Crippen LogP contribution in [0.25, 0.3) is 0 Å². The van der Waals surface area contributed by atoms with Crippen LogP contribution in [-0.2, 0) is 15.1 Å². The molecule has 3 rings (SSSR count). The first-order valence-corrected chi connectivity index (χ1v) is 10.00. The standard InChI is InChI=1S/C25H27NO3/c1-5-6-13-19(4)23(27)26-22(18(2)3)25(29-24(26)28,20-14-9-7-10-15-20)21-16-11-8-12-17-21/h7-12,14-19,22H,13H2,1-4H3/t19-,22+/m1/s1. The van der Waals surface area contributed by atoms with Crippen molar-refractivity contribution in [2.75, 3.05) is 0 Å². The highest BCUT2D eigenvalue weighted by atomic mass is 16.6. The number of benzene rings is 2. The van der Waals surface area contributed by atoms with Crippen molar-refractivity contribution in [3.63, 3.8) is 0 Å². The Bertz CT molecular complexity index is 885. The highest BCUT2D eigenvalue weighted by Gasteiger charge is 2.59. The summed E-state index contributed by atoms with van der Waals surface area (Å²) in [5.41, 5.74) is 0.656. The minimum absolute atomic E-state index is 0.0183. The van der Waals surface area contributed by atoms with Crippen molar-refractivity contribution in [2.24, 2.45) is 11.8 Å². The maximum absolute atomic E-state index is 13.3. The van der Waals surface area contributed by atoms with Gasteiger partial charge in [-0.25, -0.2) is 9.69 Å². The molecule has 150 valence electrons. The highest BCUT2D eigenvalue weighted by Crippen LogP contribution is 2.47. The summed E-state index contributed by atoms with van der Waals surface area (Å²) in [6, 6.07) is 18.9. The maximum Gasteiger partial charge on any atom is 0.418 e. The van der Waals surface area contributed by atoms with E-state index in [1.165, 1.54) is 4.90 Å². The van der Waals surface area contributed by atoms with Gasteiger partial charge in [-0.2, -0.15) is 0 Å². The molecule has 0 radical (unpaired) electrons. The Balaban J connectivity index is 2.17. The number of hydrogen-bond acceptors (Lipinski definition) is 3. The van der Waals surface area contributed by atoms with Crippen LogP contribution in [0.5, 0.6) is 0 Å². The zero-order valence-corrected chi connectivity index (χ0v) is 17.4. The molecule has 1 fully saturated rings. The van der Waals surface area contributed by atoms with E-state index in [4.69, 9.17) is 4.74 Å². The van der Waals surface area contributed by atoms with Crippen LogP contribution in [0, 0.1) is 23.7 Å². The normalized spacial score (nSPS) is 18.7. The molecule has 0 unspecified atom stereocenters. The number of cyclic esters (lactones) is 1. The van der Waals surface area contributed by atoms with E-state index in [1.807, 2.05) is 81.4 Å². The van der Waals surface area contributed by atoms with Crippen LogP contribution < -0.4 is 0 Å². The summed E-state index contributed by atoms with van der Waals surface area (Å²) in [6.45, 7) is 7.59. The second kappa shape index (κ2) is 8.53. The van der Waals surface area contributed by atoms with Crippen LogP contribution in [0.2, 0.25) is 0 Å². The lowest BCUT2D eigenvalue weighted by molar-refractivity contribution is -0.134. The average molecular weight is 389 g/mol. The van der Waals surface area contributed by atoms with Crippen molar-refractivity contribution >= 4 is 12.0 Å². The molecule has 0 spiro atoms. The summed E-state index contributed by atoms with van der Waals surface area (Å²) in [4.78, 5) is 27.7. The first-order valence-electron chi connectivity index (χ1n) is 10.00. The minimum atomic E-state index is -1.06. The molecule has 1 saturated heterocycles. The van der Waals surface area contributed by atoms with Gasteiger partial charge in [-0.1, -0.05) is 81.4 Å². The van der Waals surface area contributed by atoms with Gasteiger partial charge in [0, 0.05) is 23.5 Å². The van der Waals surface area contributed by atoms with Gasteiger partial charge in [0.05, 0.1) is 6.04 Å².